The molecule has 72 heavy (non-hydrogen) atoms. The Morgan fingerprint density at radius 2 is 0.972 bits per heavy atom. The number of benzene rings is 3. The summed E-state index contributed by atoms with van der Waals surface area (Å²) < 4.78 is 16.8. The van der Waals surface area contributed by atoms with Crippen LogP contribution in [0.3, 0.4) is 0 Å². The lowest BCUT2D eigenvalue weighted by Gasteiger charge is -2.20. The van der Waals surface area contributed by atoms with Crippen LogP contribution in [0.4, 0.5) is 17.5 Å². The average molecular weight is 1020 g/mol. The molecule has 0 aliphatic heterocycles. The second kappa shape index (κ2) is 25.2. The van der Waals surface area contributed by atoms with Crippen molar-refractivity contribution in [3.05, 3.63) is 187 Å². The zero-order valence-electron chi connectivity index (χ0n) is 39.6. The molecule has 0 fully saturated rings. The predicted molar refractivity (Wildman–Crippen MR) is 281 cm³/mol. The van der Waals surface area contributed by atoms with Crippen LogP contribution in [0.2, 0.25) is 0 Å². The van der Waals surface area contributed by atoms with E-state index in [4.69, 9.17) is 14.2 Å². The molecule has 0 unspecified atom stereocenters. The van der Waals surface area contributed by atoms with E-state index < -0.39 is 0 Å². The summed E-state index contributed by atoms with van der Waals surface area (Å²) in [6, 6.07) is 36.0. The maximum absolute atomic E-state index is 12.7. The molecule has 370 valence electrons. The highest BCUT2D eigenvalue weighted by Gasteiger charge is 2.22. The van der Waals surface area contributed by atoms with E-state index in [0.717, 1.165) is 44.3 Å². The zero-order chi connectivity index (χ0) is 50.1. The molecule has 0 saturated heterocycles. The van der Waals surface area contributed by atoms with Gasteiger partial charge in [-0.3, -0.25) is 44.4 Å². The SMILES string of the molecule is Cc1ccc(OCC(=O)N(Cc2cccs2)c2ccn[nH]2)c(O)c1.Cc1ccc(OCC(=O)N(Cc2cccs2)c2ccn[nH]2)cc1.O=C(COc1ccc2c(c1)CCC2)N(Cc1cccs1)c1ccn[nH]1. The first kappa shape index (κ1) is 50.4. The van der Waals surface area contributed by atoms with E-state index in [-0.39, 0.29) is 49.0 Å². The molecule has 0 bridgehead atoms. The quantitative estimate of drug-likeness (QED) is 0.0642. The molecular weight excluding hydrogens is 971 g/mol. The van der Waals surface area contributed by atoms with E-state index in [1.54, 1.807) is 97.6 Å². The second-order valence-electron chi connectivity index (χ2n) is 16.4. The number of anilines is 3. The van der Waals surface area contributed by atoms with Crippen LogP contribution >= 0.6 is 34.0 Å². The Bertz CT molecular complexity index is 3040. The van der Waals surface area contributed by atoms with Crippen LogP contribution in [0.15, 0.2) is 150 Å². The number of H-pyrrole nitrogens is 3. The number of carbonyl (C=O) groups excluding carboxylic acids is 3. The molecule has 9 aromatic rings. The average Bonchev–Trinajstić information content (AvgIpc) is 4.24. The number of thiophene rings is 3. The number of rotatable bonds is 18. The normalized spacial score (nSPS) is 11.3. The molecule has 10 rings (SSSR count). The number of carbonyl (C=O) groups is 3. The number of hydrogen-bond donors (Lipinski definition) is 4. The third-order valence-corrected chi connectivity index (χ3v) is 13.8. The van der Waals surface area contributed by atoms with Crippen LogP contribution in [0.25, 0.3) is 0 Å². The molecular formula is C53H53N9O7S3. The molecule has 0 atom stereocenters. The van der Waals surface area contributed by atoms with E-state index in [0.29, 0.717) is 42.8 Å². The molecule has 1 aliphatic carbocycles. The van der Waals surface area contributed by atoms with Gasteiger partial charge in [-0.1, -0.05) is 48.0 Å². The molecule has 19 heteroatoms. The van der Waals surface area contributed by atoms with Crippen LogP contribution in [-0.2, 0) is 46.9 Å². The topological polar surface area (TPSA) is 195 Å². The maximum Gasteiger partial charge on any atom is 0.266 e. The molecule has 4 N–H and O–H groups in total. The van der Waals surface area contributed by atoms with Gasteiger partial charge in [0.25, 0.3) is 17.7 Å². The van der Waals surface area contributed by atoms with Crippen molar-refractivity contribution in [1.29, 1.82) is 0 Å². The van der Waals surface area contributed by atoms with E-state index in [2.05, 4.69) is 42.7 Å². The van der Waals surface area contributed by atoms with Gasteiger partial charge in [-0.25, -0.2) is 0 Å². The minimum atomic E-state index is -0.229. The fourth-order valence-corrected chi connectivity index (χ4v) is 9.56. The van der Waals surface area contributed by atoms with E-state index in [1.807, 2.05) is 103 Å². The summed E-state index contributed by atoms with van der Waals surface area (Å²) in [6.07, 6.45) is 8.31. The molecule has 6 heterocycles. The van der Waals surface area contributed by atoms with Gasteiger partial charge in [0.15, 0.2) is 31.3 Å². The van der Waals surface area contributed by atoms with Gasteiger partial charge in [0.05, 0.1) is 38.2 Å². The van der Waals surface area contributed by atoms with Crippen LogP contribution in [0.1, 0.15) is 43.3 Å². The molecule has 16 nitrogen and oxygen atoms in total. The van der Waals surface area contributed by atoms with Gasteiger partial charge in [-0.2, -0.15) is 15.3 Å². The number of aromatic hydroxyl groups is 1. The number of aromatic nitrogens is 6. The van der Waals surface area contributed by atoms with Crippen LogP contribution in [0.5, 0.6) is 23.0 Å². The lowest BCUT2D eigenvalue weighted by molar-refractivity contribution is -0.121. The van der Waals surface area contributed by atoms with Crippen LogP contribution in [-0.4, -0.2) is 73.2 Å². The molecule has 3 amide bonds. The molecule has 0 spiro atoms. The van der Waals surface area contributed by atoms with Gasteiger partial charge in [-0.05, 0) is 121 Å². The summed E-state index contributed by atoms with van der Waals surface area (Å²) in [5.74, 6) is 3.24. The largest absolute Gasteiger partial charge is 0.504 e. The van der Waals surface area contributed by atoms with Crippen molar-refractivity contribution >= 4 is 69.2 Å². The highest BCUT2D eigenvalue weighted by Crippen LogP contribution is 2.28. The summed E-state index contributed by atoms with van der Waals surface area (Å²) in [4.78, 5) is 46.1. The summed E-state index contributed by atoms with van der Waals surface area (Å²) in [7, 11) is 0. The number of fused-ring (bicyclic) bond motifs is 1. The lowest BCUT2D eigenvalue weighted by atomic mass is 10.1. The van der Waals surface area contributed by atoms with Gasteiger partial charge in [0, 0.05) is 32.8 Å². The molecule has 6 aromatic heterocycles. The molecule has 1 aliphatic rings. The minimum absolute atomic E-state index is 0.00316. The van der Waals surface area contributed by atoms with Crippen molar-refractivity contribution in [2.45, 2.75) is 52.7 Å². The summed E-state index contributed by atoms with van der Waals surface area (Å²) in [5, 5.41) is 36.1. The standard InChI is InChI=1S/C19H19N3O2S.C17H17N3O3S.C17H17N3O2S/c23-19(13-24-16-7-6-14-3-1-4-15(14)11-16)22(18-8-9-20-21-18)12-17-5-2-10-25-17;1-12-4-5-15(14(21)9-12)23-11-17(22)20(16-6-7-18-19-16)10-13-3-2-8-24-13;1-13-4-6-14(7-5-13)22-12-17(21)20(16-8-9-18-19-16)11-15-3-2-10-23-15/h2,5-11H,1,3-4,12-13H2,(H,20,21);2-9,21H,10-11H2,1H3,(H,18,19);2-10H,11-12H2,1H3,(H,18,19). The van der Waals surface area contributed by atoms with Crippen molar-refractivity contribution in [2.24, 2.45) is 0 Å². The molecule has 3 aromatic carbocycles. The first-order chi connectivity index (χ1) is 35.1. The Morgan fingerprint density at radius 1 is 0.528 bits per heavy atom. The predicted octanol–water partition coefficient (Wildman–Crippen LogP) is 10.1. The van der Waals surface area contributed by atoms with Crippen molar-refractivity contribution in [3.8, 4) is 23.0 Å². The third-order valence-electron chi connectivity index (χ3n) is 11.2. The maximum atomic E-state index is 12.7. The summed E-state index contributed by atoms with van der Waals surface area (Å²) in [6.45, 7) is 5.12. The van der Waals surface area contributed by atoms with E-state index in [1.165, 1.54) is 17.5 Å². The highest BCUT2D eigenvalue weighted by atomic mass is 32.1. The molecule has 0 radical (unpaired) electrons. The van der Waals surface area contributed by atoms with Crippen molar-refractivity contribution < 1.29 is 33.7 Å². The van der Waals surface area contributed by atoms with Crippen molar-refractivity contribution in [2.75, 3.05) is 34.5 Å². The smallest absolute Gasteiger partial charge is 0.266 e. The van der Waals surface area contributed by atoms with Crippen molar-refractivity contribution in [1.82, 2.24) is 30.6 Å². The van der Waals surface area contributed by atoms with E-state index in [9.17, 15) is 19.5 Å². The highest BCUT2D eigenvalue weighted by molar-refractivity contribution is 7.10. The number of hydrogen-bond acceptors (Lipinski definition) is 13. The fraction of sp³-hybridized carbons (Fsp3) is 0.208. The fourth-order valence-electron chi connectivity index (χ4n) is 7.48. The number of amides is 3. The Morgan fingerprint density at radius 3 is 1.42 bits per heavy atom. The number of phenolic OH excluding ortho intramolecular Hbond substituents is 1. The van der Waals surface area contributed by atoms with Crippen LogP contribution in [0, 0.1) is 13.8 Å². The zero-order valence-corrected chi connectivity index (χ0v) is 42.1. The monoisotopic (exact) mass is 1020 g/mol. The summed E-state index contributed by atoms with van der Waals surface area (Å²) >= 11 is 4.81. The lowest BCUT2D eigenvalue weighted by Crippen LogP contribution is -2.34. The number of phenols is 1. The number of aryl methyl sites for hydroxylation is 4. The number of nitrogens with one attached hydrogen (secondary N) is 3. The first-order valence-corrected chi connectivity index (χ1v) is 25.6. The Kier molecular flexibility index (Phi) is 17.6. The second-order valence-corrected chi connectivity index (χ2v) is 19.5. The summed E-state index contributed by atoms with van der Waals surface area (Å²) in [5.41, 5.74) is 4.81. The van der Waals surface area contributed by atoms with Gasteiger partial charge in [0.2, 0.25) is 0 Å². The number of nitrogens with zero attached hydrogens (tertiary/aromatic N) is 6. The van der Waals surface area contributed by atoms with Gasteiger partial charge in [0.1, 0.15) is 29.0 Å². The van der Waals surface area contributed by atoms with Crippen LogP contribution < -0.4 is 28.9 Å². The Balaban J connectivity index is 0.000000145. The van der Waals surface area contributed by atoms with Crippen molar-refractivity contribution in [3.63, 3.8) is 0 Å². The Hall–Kier alpha value is -8.00. The first-order valence-electron chi connectivity index (χ1n) is 23.0. The Labute approximate surface area is 428 Å². The molecule has 0 saturated carbocycles. The number of ether oxygens (including phenoxy) is 3. The number of aromatic amines is 3. The van der Waals surface area contributed by atoms with Gasteiger partial charge < -0.3 is 19.3 Å². The van der Waals surface area contributed by atoms with E-state index >= 15 is 0 Å². The minimum Gasteiger partial charge on any atom is -0.504 e. The van der Waals surface area contributed by atoms with Gasteiger partial charge in [-0.15, -0.1) is 34.0 Å². The third kappa shape index (κ3) is 14.3. The van der Waals surface area contributed by atoms with Gasteiger partial charge >= 0.3 is 0 Å².